The molecule has 1 heterocycles. The van der Waals surface area contributed by atoms with E-state index in [4.69, 9.17) is 0 Å². The summed E-state index contributed by atoms with van der Waals surface area (Å²) in [6.07, 6.45) is -3.15. The third-order valence-electron chi connectivity index (χ3n) is 3.75. The van der Waals surface area contributed by atoms with E-state index < -0.39 is 24.8 Å². The number of nitrogens with one attached hydrogen (secondary N) is 1. The van der Waals surface area contributed by atoms with E-state index in [-0.39, 0.29) is 6.04 Å². The van der Waals surface area contributed by atoms with E-state index >= 15 is 0 Å². The minimum atomic E-state index is -4.41. The molecule has 4 nitrogen and oxygen atoms in total. The van der Waals surface area contributed by atoms with Gasteiger partial charge in [-0.25, -0.2) is 0 Å². The summed E-state index contributed by atoms with van der Waals surface area (Å²) in [5.74, 6) is 0.141. The monoisotopic (exact) mass is 310 g/mol. The molecule has 7 heteroatoms. The molecule has 0 unspecified atom stereocenters. The van der Waals surface area contributed by atoms with Gasteiger partial charge in [-0.05, 0) is 39.2 Å². The van der Waals surface area contributed by atoms with Crippen molar-refractivity contribution in [2.75, 3.05) is 26.2 Å². The van der Waals surface area contributed by atoms with E-state index in [2.05, 4.69) is 21.9 Å². The molecule has 0 spiro atoms. The molecule has 1 rings (SSSR count). The second-order valence-corrected chi connectivity index (χ2v) is 5.90. The third-order valence-corrected chi connectivity index (χ3v) is 3.75. The zero-order chi connectivity index (χ0) is 16.0. The van der Waals surface area contributed by atoms with Crippen LogP contribution in [0.15, 0.2) is 0 Å². The molecule has 124 valence electrons. The summed E-state index contributed by atoms with van der Waals surface area (Å²) < 4.78 is 40.5. The molecule has 1 fully saturated rings. The summed E-state index contributed by atoms with van der Waals surface area (Å²) in [5.41, 5.74) is 0. The molecule has 1 saturated heterocycles. The van der Waals surface area contributed by atoms with Crippen molar-refractivity contribution in [1.82, 2.24) is 10.2 Å². The molecule has 1 aliphatic rings. The number of amides is 1. The number of hydrogen-bond donors (Lipinski definition) is 1. The zero-order valence-corrected chi connectivity index (χ0v) is 12.9. The van der Waals surface area contributed by atoms with Crippen LogP contribution in [0.2, 0.25) is 0 Å². The van der Waals surface area contributed by atoms with Crippen molar-refractivity contribution < 1.29 is 22.7 Å². The quantitative estimate of drug-likeness (QED) is 0.818. The number of piperidine rings is 1. The Balaban J connectivity index is 2.28. The molecule has 0 bridgehead atoms. The Morgan fingerprint density at radius 2 is 2.10 bits per heavy atom. The summed E-state index contributed by atoms with van der Waals surface area (Å²) in [5, 5.41) is 2.66. The number of ether oxygens (including phenoxy) is 1. The number of carbonyl (C=O) groups excluding carboxylic acids is 1. The molecule has 0 saturated carbocycles. The number of nitrogens with zero attached hydrogens (tertiary/aromatic N) is 1. The van der Waals surface area contributed by atoms with Gasteiger partial charge in [0.25, 0.3) is 0 Å². The maximum Gasteiger partial charge on any atom is 0.411 e. The summed E-state index contributed by atoms with van der Waals surface area (Å²) in [6, 6.07) is 0.173. The lowest BCUT2D eigenvalue weighted by Gasteiger charge is -2.35. The van der Waals surface area contributed by atoms with Crippen LogP contribution in [0.1, 0.15) is 33.6 Å². The molecular formula is C14H25F3N2O2. The predicted octanol–water partition coefficient (Wildman–Crippen LogP) is 2.19. The van der Waals surface area contributed by atoms with Crippen molar-refractivity contribution >= 4 is 5.91 Å². The molecule has 3 atom stereocenters. The zero-order valence-electron chi connectivity index (χ0n) is 12.9. The van der Waals surface area contributed by atoms with E-state index in [1.165, 1.54) is 13.3 Å². The van der Waals surface area contributed by atoms with Gasteiger partial charge >= 0.3 is 6.18 Å². The fourth-order valence-corrected chi connectivity index (χ4v) is 2.44. The van der Waals surface area contributed by atoms with Crippen LogP contribution in [0.3, 0.4) is 0 Å². The highest BCUT2D eigenvalue weighted by Crippen LogP contribution is 2.17. The first-order valence-corrected chi connectivity index (χ1v) is 7.39. The Morgan fingerprint density at radius 1 is 1.43 bits per heavy atom. The van der Waals surface area contributed by atoms with Gasteiger partial charge in [0.05, 0.1) is 0 Å². The standard InChI is InChI=1S/C14H25F3N2O2/c1-10-5-4-6-19(8-10)11(2)7-18-13(20)12(3)21-9-14(15,16)17/h10-12H,4-9H2,1-3H3,(H,18,20)/t10-,11+,12+/m1/s1. The van der Waals surface area contributed by atoms with Crippen LogP contribution in [0.5, 0.6) is 0 Å². The fourth-order valence-electron chi connectivity index (χ4n) is 2.44. The molecule has 0 aliphatic carbocycles. The minimum Gasteiger partial charge on any atom is -0.359 e. The summed E-state index contributed by atoms with van der Waals surface area (Å²) in [4.78, 5) is 14.0. The van der Waals surface area contributed by atoms with Crippen LogP contribution in [0.4, 0.5) is 13.2 Å². The molecule has 0 aromatic rings. The largest absolute Gasteiger partial charge is 0.411 e. The lowest BCUT2D eigenvalue weighted by Crippen LogP contribution is -2.48. The van der Waals surface area contributed by atoms with Gasteiger partial charge in [-0.3, -0.25) is 9.69 Å². The van der Waals surface area contributed by atoms with Gasteiger partial charge in [-0.15, -0.1) is 0 Å². The van der Waals surface area contributed by atoms with E-state index in [0.29, 0.717) is 12.5 Å². The van der Waals surface area contributed by atoms with Crippen LogP contribution >= 0.6 is 0 Å². The van der Waals surface area contributed by atoms with Crippen molar-refractivity contribution in [2.24, 2.45) is 5.92 Å². The van der Waals surface area contributed by atoms with Gasteiger partial charge in [0, 0.05) is 19.1 Å². The average Bonchev–Trinajstić information content (AvgIpc) is 2.40. The van der Waals surface area contributed by atoms with Crippen molar-refractivity contribution in [3.05, 3.63) is 0 Å². The van der Waals surface area contributed by atoms with E-state index in [1.54, 1.807) is 0 Å². The lowest BCUT2D eigenvalue weighted by molar-refractivity contribution is -0.185. The predicted molar refractivity (Wildman–Crippen MR) is 73.9 cm³/mol. The molecular weight excluding hydrogens is 285 g/mol. The highest BCUT2D eigenvalue weighted by molar-refractivity contribution is 5.80. The van der Waals surface area contributed by atoms with Crippen molar-refractivity contribution in [3.8, 4) is 0 Å². The van der Waals surface area contributed by atoms with Gasteiger partial charge in [-0.2, -0.15) is 13.2 Å². The normalized spacial score (nSPS) is 23.6. The SMILES string of the molecule is C[C@@H]1CCCN([C@@H](C)CNC(=O)[C@H](C)OCC(F)(F)F)C1. The van der Waals surface area contributed by atoms with Crippen LogP contribution in [0.25, 0.3) is 0 Å². The van der Waals surface area contributed by atoms with Crippen molar-refractivity contribution in [1.29, 1.82) is 0 Å². The van der Waals surface area contributed by atoms with Gasteiger partial charge in [0.2, 0.25) is 5.91 Å². The third kappa shape index (κ3) is 7.13. The summed E-state index contributed by atoms with van der Waals surface area (Å²) in [6.45, 7) is 6.56. The van der Waals surface area contributed by atoms with Gasteiger partial charge < -0.3 is 10.1 Å². The molecule has 1 amide bonds. The first-order chi connectivity index (χ1) is 9.69. The molecule has 0 aromatic heterocycles. The van der Waals surface area contributed by atoms with E-state index in [1.807, 2.05) is 6.92 Å². The Bertz CT molecular complexity index is 337. The van der Waals surface area contributed by atoms with Crippen molar-refractivity contribution in [2.45, 2.75) is 51.9 Å². The highest BCUT2D eigenvalue weighted by Gasteiger charge is 2.30. The Hall–Kier alpha value is -0.820. The van der Waals surface area contributed by atoms with Gasteiger partial charge in [0.15, 0.2) is 0 Å². The topological polar surface area (TPSA) is 41.6 Å². The number of likely N-dealkylation sites (tertiary alicyclic amines) is 1. The molecule has 0 aromatic carbocycles. The number of hydrogen-bond acceptors (Lipinski definition) is 3. The molecule has 21 heavy (non-hydrogen) atoms. The number of halogens is 3. The number of alkyl halides is 3. The molecule has 1 N–H and O–H groups in total. The summed E-state index contributed by atoms with van der Waals surface area (Å²) in [7, 11) is 0. The van der Waals surface area contributed by atoms with Crippen LogP contribution < -0.4 is 5.32 Å². The highest BCUT2D eigenvalue weighted by atomic mass is 19.4. The first kappa shape index (κ1) is 18.2. The molecule has 0 radical (unpaired) electrons. The first-order valence-electron chi connectivity index (χ1n) is 7.39. The smallest absolute Gasteiger partial charge is 0.359 e. The second kappa shape index (κ2) is 7.98. The Morgan fingerprint density at radius 3 is 2.67 bits per heavy atom. The maximum atomic E-state index is 12.0. The van der Waals surface area contributed by atoms with Crippen LogP contribution in [-0.2, 0) is 9.53 Å². The Labute approximate surface area is 124 Å². The van der Waals surface area contributed by atoms with Gasteiger partial charge in [0.1, 0.15) is 12.7 Å². The van der Waals surface area contributed by atoms with Crippen LogP contribution in [0, 0.1) is 5.92 Å². The van der Waals surface area contributed by atoms with E-state index in [0.717, 1.165) is 19.5 Å². The lowest BCUT2D eigenvalue weighted by atomic mass is 9.99. The van der Waals surface area contributed by atoms with Crippen molar-refractivity contribution in [3.63, 3.8) is 0 Å². The van der Waals surface area contributed by atoms with Gasteiger partial charge in [-0.1, -0.05) is 6.92 Å². The fraction of sp³-hybridized carbons (Fsp3) is 0.929. The number of carbonyl (C=O) groups is 1. The maximum absolute atomic E-state index is 12.0. The average molecular weight is 310 g/mol. The van der Waals surface area contributed by atoms with Crippen LogP contribution in [-0.4, -0.2) is 55.4 Å². The molecule has 1 aliphatic heterocycles. The second-order valence-electron chi connectivity index (χ2n) is 5.90. The summed E-state index contributed by atoms with van der Waals surface area (Å²) >= 11 is 0. The Kier molecular flexibility index (Phi) is 6.93. The minimum absolute atomic E-state index is 0.173. The van der Waals surface area contributed by atoms with E-state index in [9.17, 15) is 18.0 Å². The number of rotatable bonds is 6.